The van der Waals surface area contributed by atoms with Gasteiger partial charge in [0.05, 0.1) is 16.5 Å². The minimum Gasteiger partial charge on any atom is -0.267 e. The number of benzene rings is 2. The van der Waals surface area contributed by atoms with Crippen molar-refractivity contribution in [3.63, 3.8) is 0 Å². The number of fused-ring (bicyclic) bond motifs is 1. The van der Waals surface area contributed by atoms with Crippen molar-refractivity contribution in [2.24, 2.45) is 0 Å². The van der Waals surface area contributed by atoms with Gasteiger partial charge in [0.15, 0.2) is 0 Å². The molecule has 1 N–H and O–H groups in total. The summed E-state index contributed by atoms with van der Waals surface area (Å²) in [6.45, 7) is 0. The van der Waals surface area contributed by atoms with Crippen molar-refractivity contribution in [2.75, 3.05) is 0 Å². The van der Waals surface area contributed by atoms with Gasteiger partial charge in [-0.1, -0.05) is 28.1 Å². The molecule has 0 bridgehead atoms. The lowest BCUT2D eigenvalue weighted by atomic mass is 10.2. The number of aromatic nitrogens is 2. The number of nitrogens with one attached hydrogen (secondary N) is 1. The van der Waals surface area contributed by atoms with Gasteiger partial charge in [-0.05, 0) is 36.4 Å². The summed E-state index contributed by atoms with van der Waals surface area (Å²) >= 11 is 3.33. The van der Waals surface area contributed by atoms with E-state index in [9.17, 15) is 9.59 Å². The van der Waals surface area contributed by atoms with Crippen LogP contribution >= 0.6 is 15.9 Å². The maximum absolute atomic E-state index is 12.3. The number of rotatable bonds is 1. The van der Waals surface area contributed by atoms with E-state index in [-0.39, 0.29) is 11.1 Å². The summed E-state index contributed by atoms with van der Waals surface area (Å²) in [6.07, 6.45) is 0. The molecule has 0 unspecified atom stereocenters. The molecule has 0 aliphatic rings. The third kappa shape index (κ3) is 2.02. The molecule has 5 heteroatoms. The van der Waals surface area contributed by atoms with Gasteiger partial charge in [0.25, 0.3) is 11.1 Å². The molecule has 94 valence electrons. The first-order valence-electron chi connectivity index (χ1n) is 5.67. The van der Waals surface area contributed by atoms with Crippen LogP contribution in [-0.2, 0) is 0 Å². The minimum atomic E-state index is -0.280. The molecule has 2 aromatic carbocycles. The van der Waals surface area contributed by atoms with Crippen molar-refractivity contribution in [3.8, 4) is 5.69 Å². The Morgan fingerprint density at radius 1 is 0.895 bits per heavy atom. The zero-order valence-corrected chi connectivity index (χ0v) is 11.3. The molecule has 0 fully saturated rings. The van der Waals surface area contributed by atoms with Gasteiger partial charge in [0.1, 0.15) is 0 Å². The standard InChI is InChI=1S/C14H9BrN2O2/c15-9-5-7-10(8-6-9)17-14(19)12-4-2-1-3-11(12)13(18)16-17/h1-8H,(H,16,18). The van der Waals surface area contributed by atoms with E-state index in [0.717, 1.165) is 4.47 Å². The zero-order valence-electron chi connectivity index (χ0n) is 9.76. The van der Waals surface area contributed by atoms with Gasteiger partial charge in [-0.3, -0.25) is 14.7 Å². The van der Waals surface area contributed by atoms with Gasteiger partial charge in [0, 0.05) is 4.47 Å². The van der Waals surface area contributed by atoms with Gasteiger partial charge in [-0.15, -0.1) is 0 Å². The lowest BCUT2D eigenvalue weighted by molar-refractivity contribution is 0.801. The van der Waals surface area contributed by atoms with Crippen molar-refractivity contribution in [2.45, 2.75) is 0 Å². The molecule has 1 aromatic heterocycles. The Morgan fingerprint density at radius 2 is 1.53 bits per heavy atom. The molecule has 3 aromatic rings. The second-order valence-corrected chi connectivity index (χ2v) is 5.02. The molecule has 3 rings (SSSR count). The largest absolute Gasteiger partial charge is 0.277 e. The predicted molar refractivity (Wildman–Crippen MR) is 77.9 cm³/mol. The SMILES string of the molecule is O=c1[nH]n(-c2ccc(Br)cc2)c(=O)c2ccccc12. The third-order valence-electron chi connectivity index (χ3n) is 2.90. The van der Waals surface area contributed by atoms with Crippen molar-refractivity contribution < 1.29 is 0 Å². The van der Waals surface area contributed by atoms with E-state index >= 15 is 0 Å². The van der Waals surface area contributed by atoms with E-state index in [4.69, 9.17) is 0 Å². The third-order valence-corrected chi connectivity index (χ3v) is 3.43. The van der Waals surface area contributed by atoms with Crippen LogP contribution in [0.5, 0.6) is 0 Å². The first kappa shape index (κ1) is 11.9. The molecule has 0 aliphatic heterocycles. The molecule has 0 spiro atoms. The smallest absolute Gasteiger partial charge is 0.267 e. The highest BCUT2D eigenvalue weighted by Crippen LogP contribution is 2.12. The fourth-order valence-electron chi connectivity index (χ4n) is 1.97. The Balaban J connectivity index is 2.37. The van der Waals surface area contributed by atoms with Gasteiger partial charge < -0.3 is 0 Å². The van der Waals surface area contributed by atoms with Crippen molar-refractivity contribution in [1.29, 1.82) is 0 Å². The highest BCUT2D eigenvalue weighted by molar-refractivity contribution is 9.10. The van der Waals surface area contributed by atoms with Crippen LogP contribution in [0.2, 0.25) is 0 Å². The van der Waals surface area contributed by atoms with Crippen LogP contribution < -0.4 is 11.1 Å². The molecule has 1 heterocycles. The Morgan fingerprint density at radius 3 is 2.21 bits per heavy atom. The second-order valence-electron chi connectivity index (χ2n) is 4.10. The minimum absolute atomic E-state index is 0.238. The molecule has 19 heavy (non-hydrogen) atoms. The monoisotopic (exact) mass is 316 g/mol. The number of hydrogen-bond donors (Lipinski definition) is 1. The molecule has 4 nitrogen and oxygen atoms in total. The first-order valence-corrected chi connectivity index (χ1v) is 6.46. The van der Waals surface area contributed by atoms with Crippen LogP contribution in [0.25, 0.3) is 16.5 Å². The summed E-state index contributed by atoms with van der Waals surface area (Å²) in [7, 11) is 0. The maximum Gasteiger partial charge on any atom is 0.277 e. The summed E-state index contributed by atoms with van der Waals surface area (Å²) in [5.41, 5.74) is 0.103. The van der Waals surface area contributed by atoms with E-state index in [1.54, 1.807) is 36.4 Å². The number of aromatic amines is 1. The summed E-state index contributed by atoms with van der Waals surface area (Å²) in [6, 6.07) is 13.9. The van der Waals surface area contributed by atoms with Crippen LogP contribution in [0.4, 0.5) is 0 Å². The van der Waals surface area contributed by atoms with E-state index in [2.05, 4.69) is 21.0 Å². The van der Waals surface area contributed by atoms with E-state index in [1.165, 1.54) is 4.68 Å². The fraction of sp³-hybridized carbons (Fsp3) is 0. The molecule has 0 aliphatic carbocycles. The Labute approximate surface area is 116 Å². The average molecular weight is 317 g/mol. The summed E-state index contributed by atoms with van der Waals surface area (Å²) < 4.78 is 2.17. The number of halogens is 1. The average Bonchev–Trinajstić information content (AvgIpc) is 2.44. The molecule has 0 radical (unpaired) electrons. The molecular weight excluding hydrogens is 308 g/mol. The molecule has 0 saturated carbocycles. The Kier molecular flexibility index (Phi) is 2.83. The van der Waals surface area contributed by atoms with Gasteiger partial charge in [-0.2, -0.15) is 0 Å². The van der Waals surface area contributed by atoms with Crippen LogP contribution in [0.3, 0.4) is 0 Å². The van der Waals surface area contributed by atoms with Crippen molar-refractivity contribution in [1.82, 2.24) is 9.78 Å². The highest BCUT2D eigenvalue weighted by Gasteiger charge is 2.07. The lowest BCUT2D eigenvalue weighted by Crippen LogP contribution is -2.28. The second kappa shape index (κ2) is 4.51. The molecule has 0 atom stereocenters. The Bertz CT molecular complexity index is 863. The lowest BCUT2D eigenvalue weighted by Gasteiger charge is -2.06. The zero-order chi connectivity index (χ0) is 13.4. The highest BCUT2D eigenvalue weighted by atomic mass is 79.9. The van der Waals surface area contributed by atoms with Gasteiger partial charge in [-0.25, -0.2) is 4.68 Å². The fourth-order valence-corrected chi connectivity index (χ4v) is 2.24. The number of hydrogen-bond acceptors (Lipinski definition) is 2. The number of nitrogens with zero attached hydrogens (tertiary/aromatic N) is 1. The summed E-state index contributed by atoms with van der Waals surface area (Å²) in [5, 5.41) is 3.40. The van der Waals surface area contributed by atoms with Crippen LogP contribution in [0, 0.1) is 0 Å². The van der Waals surface area contributed by atoms with Gasteiger partial charge in [0.2, 0.25) is 0 Å². The Hall–Kier alpha value is -2.14. The van der Waals surface area contributed by atoms with Crippen LogP contribution in [0.1, 0.15) is 0 Å². The van der Waals surface area contributed by atoms with Crippen molar-refractivity contribution in [3.05, 3.63) is 73.7 Å². The summed E-state index contributed by atoms with van der Waals surface area (Å²) in [5.74, 6) is 0. The van der Waals surface area contributed by atoms with E-state index in [1.807, 2.05) is 12.1 Å². The first-order chi connectivity index (χ1) is 9.16. The van der Waals surface area contributed by atoms with E-state index in [0.29, 0.717) is 16.5 Å². The molecule has 0 amide bonds. The molecular formula is C14H9BrN2O2. The summed E-state index contributed by atoms with van der Waals surface area (Å²) in [4.78, 5) is 24.3. The topological polar surface area (TPSA) is 54.9 Å². The van der Waals surface area contributed by atoms with E-state index < -0.39 is 0 Å². The molecule has 0 saturated heterocycles. The van der Waals surface area contributed by atoms with Crippen LogP contribution in [-0.4, -0.2) is 9.78 Å². The van der Waals surface area contributed by atoms with Gasteiger partial charge >= 0.3 is 0 Å². The number of H-pyrrole nitrogens is 1. The predicted octanol–water partition coefficient (Wildman–Crippen LogP) is 2.44. The maximum atomic E-state index is 12.3. The quantitative estimate of drug-likeness (QED) is 0.749. The normalized spacial score (nSPS) is 10.8. The van der Waals surface area contributed by atoms with Crippen LogP contribution in [0.15, 0.2) is 62.6 Å². The van der Waals surface area contributed by atoms with Crippen molar-refractivity contribution >= 4 is 26.7 Å².